The maximum atomic E-state index is 6.23. The summed E-state index contributed by atoms with van der Waals surface area (Å²) in [6.07, 6.45) is 0. The lowest BCUT2D eigenvalue weighted by molar-refractivity contribution is 0.871. The Balaban J connectivity index is 2.23. The highest BCUT2D eigenvalue weighted by molar-refractivity contribution is 5.47. The van der Waals surface area contributed by atoms with E-state index in [1.165, 1.54) is 5.69 Å². The zero-order chi connectivity index (χ0) is 12.3. The summed E-state index contributed by atoms with van der Waals surface area (Å²) in [5.74, 6) is 0. The van der Waals surface area contributed by atoms with E-state index in [-0.39, 0.29) is 6.04 Å². The first-order chi connectivity index (χ1) is 8.18. The number of hydrogen-bond donors (Lipinski definition) is 1. The summed E-state index contributed by atoms with van der Waals surface area (Å²) in [6.45, 7) is 0. The van der Waals surface area contributed by atoms with Crippen LogP contribution in [0.3, 0.4) is 0 Å². The number of anilines is 1. The van der Waals surface area contributed by atoms with Crippen LogP contribution < -0.4 is 10.6 Å². The van der Waals surface area contributed by atoms with E-state index in [4.69, 9.17) is 5.73 Å². The molecule has 0 aliphatic carbocycles. The summed E-state index contributed by atoms with van der Waals surface area (Å²) in [6, 6.07) is 18.5. The van der Waals surface area contributed by atoms with Crippen molar-refractivity contribution < 1.29 is 0 Å². The van der Waals surface area contributed by atoms with Crippen LogP contribution in [0.2, 0.25) is 0 Å². The van der Waals surface area contributed by atoms with Crippen LogP contribution in [0.1, 0.15) is 17.2 Å². The fraction of sp³-hybridized carbons (Fsp3) is 0.200. The predicted molar refractivity (Wildman–Crippen MR) is 73.2 cm³/mol. The van der Waals surface area contributed by atoms with Gasteiger partial charge in [-0.15, -0.1) is 0 Å². The van der Waals surface area contributed by atoms with Crippen molar-refractivity contribution in [3.05, 3.63) is 65.7 Å². The summed E-state index contributed by atoms with van der Waals surface area (Å²) in [5, 5.41) is 0. The Hall–Kier alpha value is -1.80. The van der Waals surface area contributed by atoms with E-state index < -0.39 is 0 Å². The molecule has 0 radical (unpaired) electrons. The monoisotopic (exact) mass is 226 g/mol. The minimum atomic E-state index is -0.0487. The Bertz CT molecular complexity index is 460. The van der Waals surface area contributed by atoms with E-state index in [0.29, 0.717) is 0 Å². The van der Waals surface area contributed by atoms with Gasteiger partial charge in [0.2, 0.25) is 0 Å². The number of benzene rings is 2. The highest BCUT2D eigenvalue weighted by atomic mass is 15.1. The molecule has 2 nitrogen and oxygen atoms in total. The maximum Gasteiger partial charge on any atom is 0.0551 e. The van der Waals surface area contributed by atoms with Crippen molar-refractivity contribution in [2.75, 3.05) is 19.0 Å². The van der Waals surface area contributed by atoms with E-state index in [1.54, 1.807) is 0 Å². The molecule has 0 spiro atoms. The zero-order valence-corrected chi connectivity index (χ0v) is 10.3. The molecular formula is C15H18N2. The Morgan fingerprint density at radius 1 is 0.824 bits per heavy atom. The minimum Gasteiger partial charge on any atom is -0.378 e. The molecule has 2 heteroatoms. The second kappa shape index (κ2) is 5.02. The lowest BCUT2D eigenvalue weighted by atomic mass is 9.99. The van der Waals surface area contributed by atoms with Gasteiger partial charge in [-0.2, -0.15) is 0 Å². The van der Waals surface area contributed by atoms with Gasteiger partial charge in [0.15, 0.2) is 0 Å². The molecule has 0 saturated carbocycles. The van der Waals surface area contributed by atoms with Gasteiger partial charge in [0, 0.05) is 19.8 Å². The Morgan fingerprint density at radius 2 is 1.35 bits per heavy atom. The third-order valence-electron chi connectivity index (χ3n) is 2.93. The SMILES string of the molecule is CN(C)c1ccc([C@@H](N)c2ccccc2)cc1. The van der Waals surface area contributed by atoms with E-state index in [9.17, 15) is 0 Å². The van der Waals surface area contributed by atoms with Crippen LogP contribution in [0, 0.1) is 0 Å². The van der Waals surface area contributed by atoms with Gasteiger partial charge in [-0.05, 0) is 23.3 Å². The number of nitrogens with zero attached hydrogens (tertiary/aromatic N) is 1. The smallest absolute Gasteiger partial charge is 0.0551 e. The standard InChI is InChI=1S/C15H18N2/c1-17(2)14-10-8-13(9-11-14)15(16)12-6-4-3-5-7-12/h3-11,15H,16H2,1-2H3/t15-/m0/s1. The first kappa shape index (κ1) is 11.7. The third-order valence-corrected chi connectivity index (χ3v) is 2.93. The van der Waals surface area contributed by atoms with Gasteiger partial charge in [0.05, 0.1) is 6.04 Å². The summed E-state index contributed by atoms with van der Waals surface area (Å²) in [4.78, 5) is 2.08. The van der Waals surface area contributed by atoms with Crippen molar-refractivity contribution in [3.63, 3.8) is 0 Å². The molecule has 0 aliphatic rings. The van der Waals surface area contributed by atoms with Crippen molar-refractivity contribution in [2.45, 2.75) is 6.04 Å². The topological polar surface area (TPSA) is 29.3 Å². The average Bonchev–Trinajstić information content (AvgIpc) is 2.39. The highest BCUT2D eigenvalue weighted by Crippen LogP contribution is 2.21. The molecule has 1 atom stereocenters. The number of rotatable bonds is 3. The van der Waals surface area contributed by atoms with Crippen LogP contribution >= 0.6 is 0 Å². The van der Waals surface area contributed by atoms with Crippen molar-refractivity contribution >= 4 is 5.69 Å². The maximum absolute atomic E-state index is 6.23. The summed E-state index contributed by atoms with van der Waals surface area (Å²) < 4.78 is 0. The van der Waals surface area contributed by atoms with Crippen molar-refractivity contribution in [1.82, 2.24) is 0 Å². The van der Waals surface area contributed by atoms with Gasteiger partial charge < -0.3 is 10.6 Å². The second-order valence-corrected chi connectivity index (χ2v) is 4.37. The van der Waals surface area contributed by atoms with Gasteiger partial charge in [0.25, 0.3) is 0 Å². The quantitative estimate of drug-likeness (QED) is 0.872. The molecule has 0 bridgehead atoms. The van der Waals surface area contributed by atoms with Gasteiger partial charge in [-0.25, -0.2) is 0 Å². The lowest BCUT2D eigenvalue weighted by Crippen LogP contribution is -2.12. The number of hydrogen-bond acceptors (Lipinski definition) is 2. The number of nitrogens with two attached hydrogens (primary N) is 1. The fourth-order valence-corrected chi connectivity index (χ4v) is 1.83. The Kier molecular flexibility index (Phi) is 3.45. The first-order valence-electron chi connectivity index (χ1n) is 5.76. The molecule has 2 N–H and O–H groups in total. The molecule has 17 heavy (non-hydrogen) atoms. The Labute approximate surface area is 103 Å². The van der Waals surface area contributed by atoms with Gasteiger partial charge in [-0.3, -0.25) is 0 Å². The molecule has 0 amide bonds. The van der Waals surface area contributed by atoms with E-state index >= 15 is 0 Å². The van der Waals surface area contributed by atoms with Crippen LogP contribution in [0.5, 0.6) is 0 Å². The van der Waals surface area contributed by atoms with Crippen molar-refractivity contribution in [2.24, 2.45) is 5.73 Å². The minimum absolute atomic E-state index is 0.0487. The predicted octanol–water partition coefficient (Wildman–Crippen LogP) is 2.80. The van der Waals surface area contributed by atoms with Crippen LogP contribution in [0.4, 0.5) is 5.69 Å². The Morgan fingerprint density at radius 3 is 1.88 bits per heavy atom. The molecular weight excluding hydrogens is 208 g/mol. The van der Waals surface area contributed by atoms with Gasteiger partial charge >= 0.3 is 0 Å². The van der Waals surface area contributed by atoms with E-state index in [2.05, 4.69) is 41.3 Å². The normalized spacial score (nSPS) is 12.2. The average molecular weight is 226 g/mol. The first-order valence-corrected chi connectivity index (χ1v) is 5.76. The summed E-state index contributed by atoms with van der Waals surface area (Å²) in [5.41, 5.74) is 9.70. The van der Waals surface area contributed by atoms with Gasteiger partial charge in [-0.1, -0.05) is 42.5 Å². The van der Waals surface area contributed by atoms with E-state index in [1.807, 2.05) is 32.3 Å². The molecule has 2 rings (SSSR count). The van der Waals surface area contributed by atoms with Crippen LogP contribution in [0.15, 0.2) is 54.6 Å². The third kappa shape index (κ3) is 2.66. The molecule has 0 saturated heterocycles. The second-order valence-electron chi connectivity index (χ2n) is 4.37. The fourth-order valence-electron chi connectivity index (χ4n) is 1.83. The highest BCUT2D eigenvalue weighted by Gasteiger charge is 2.07. The van der Waals surface area contributed by atoms with E-state index in [0.717, 1.165) is 11.1 Å². The van der Waals surface area contributed by atoms with Gasteiger partial charge in [0.1, 0.15) is 0 Å². The van der Waals surface area contributed by atoms with Crippen molar-refractivity contribution in [3.8, 4) is 0 Å². The molecule has 0 fully saturated rings. The largest absolute Gasteiger partial charge is 0.378 e. The molecule has 0 heterocycles. The molecule has 2 aromatic rings. The van der Waals surface area contributed by atoms with Crippen LogP contribution in [-0.2, 0) is 0 Å². The molecule has 0 aliphatic heterocycles. The molecule has 0 unspecified atom stereocenters. The zero-order valence-electron chi connectivity index (χ0n) is 10.3. The molecule has 0 aromatic heterocycles. The lowest BCUT2D eigenvalue weighted by Gasteiger charge is -2.16. The summed E-state index contributed by atoms with van der Waals surface area (Å²) >= 11 is 0. The molecule has 88 valence electrons. The van der Waals surface area contributed by atoms with Crippen LogP contribution in [-0.4, -0.2) is 14.1 Å². The van der Waals surface area contributed by atoms with Crippen molar-refractivity contribution in [1.29, 1.82) is 0 Å². The van der Waals surface area contributed by atoms with Crippen LogP contribution in [0.25, 0.3) is 0 Å². The molecule has 2 aromatic carbocycles. The summed E-state index contributed by atoms with van der Waals surface area (Å²) in [7, 11) is 4.07.